The lowest BCUT2D eigenvalue weighted by Gasteiger charge is -2.44. The number of hydrogen-bond donors (Lipinski definition) is 2. The first kappa shape index (κ1) is 26.3. The summed E-state index contributed by atoms with van der Waals surface area (Å²) in [5.41, 5.74) is 5.55. The van der Waals surface area contributed by atoms with Crippen LogP contribution in [0.25, 0.3) is 0 Å². The van der Waals surface area contributed by atoms with Crippen LogP contribution in [0.4, 0.5) is 0 Å². The molecule has 1 fully saturated rings. The van der Waals surface area contributed by atoms with Crippen LogP contribution in [-0.2, 0) is 52.4 Å². The van der Waals surface area contributed by atoms with Gasteiger partial charge in [-0.15, -0.1) is 0 Å². The van der Waals surface area contributed by atoms with E-state index < -0.39 is 79.3 Å². The largest absolute Gasteiger partial charge is 0.480 e. The molecule has 0 amide bonds. The lowest BCUT2D eigenvalue weighted by molar-refractivity contribution is -0.316. The van der Waals surface area contributed by atoms with Crippen LogP contribution in [0.5, 0.6) is 0 Å². The fourth-order valence-electron chi connectivity index (χ4n) is 2.80. The Morgan fingerprint density at radius 1 is 0.871 bits per heavy atom. The molecule has 0 aliphatic carbocycles. The van der Waals surface area contributed by atoms with Gasteiger partial charge in [0, 0.05) is 27.7 Å². The van der Waals surface area contributed by atoms with Gasteiger partial charge in [0.05, 0.1) is 6.10 Å². The molecule has 1 heterocycles. The summed E-state index contributed by atoms with van der Waals surface area (Å²) >= 11 is 0. The average molecular weight is 449 g/mol. The highest BCUT2D eigenvalue weighted by Crippen LogP contribution is 2.30. The second kappa shape index (κ2) is 11.6. The van der Waals surface area contributed by atoms with Gasteiger partial charge >= 0.3 is 29.8 Å². The van der Waals surface area contributed by atoms with Gasteiger partial charge in [0.2, 0.25) is 0 Å². The molecule has 0 unspecified atom stereocenters. The molecule has 0 radical (unpaired) electrons. The number of aliphatic carboxylic acids is 1. The number of carbonyl (C=O) groups is 5. The molecule has 0 aromatic carbocycles. The first-order chi connectivity index (χ1) is 14.3. The van der Waals surface area contributed by atoms with Crippen molar-refractivity contribution in [2.45, 2.75) is 77.5 Å². The minimum atomic E-state index is -1.50. The molecule has 13 nitrogen and oxygen atoms in total. The zero-order valence-electron chi connectivity index (χ0n) is 17.8. The Bertz CT molecular complexity index is 695. The van der Waals surface area contributed by atoms with Gasteiger partial charge in [-0.05, 0) is 6.92 Å². The van der Waals surface area contributed by atoms with Crippen molar-refractivity contribution in [3.05, 3.63) is 0 Å². The van der Waals surface area contributed by atoms with Gasteiger partial charge in [-0.1, -0.05) is 0 Å². The zero-order valence-corrected chi connectivity index (χ0v) is 17.8. The molecule has 1 rings (SSSR count). The smallest absolute Gasteiger partial charge is 0.323 e. The van der Waals surface area contributed by atoms with Crippen molar-refractivity contribution in [1.82, 2.24) is 0 Å². The summed E-state index contributed by atoms with van der Waals surface area (Å²) in [6.07, 6.45) is -8.06. The number of hydrogen-bond acceptors (Lipinski definition) is 12. The average Bonchev–Trinajstić information content (AvgIpc) is 2.62. The van der Waals surface area contributed by atoms with E-state index in [2.05, 4.69) is 0 Å². The molecule has 0 spiro atoms. The molecular weight excluding hydrogens is 422 g/mol. The van der Waals surface area contributed by atoms with Crippen molar-refractivity contribution >= 4 is 29.8 Å². The number of carboxylic acid groups (broad SMARTS) is 1. The van der Waals surface area contributed by atoms with Crippen LogP contribution in [0.3, 0.4) is 0 Å². The number of carboxylic acids is 1. The highest BCUT2D eigenvalue weighted by atomic mass is 16.7. The minimum Gasteiger partial charge on any atom is -0.480 e. The van der Waals surface area contributed by atoms with Gasteiger partial charge in [0.25, 0.3) is 0 Å². The van der Waals surface area contributed by atoms with Crippen LogP contribution < -0.4 is 5.73 Å². The van der Waals surface area contributed by atoms with Gasteiger partial charge in [0.15, 0.2) is 24.6 Å². The van der Waals surface area contributed by atoms with Crippen LogP contribution in [-0.4, -0.2) is 84.4 Å². The summed E-state index contributed by atoms with van der Waals surface area (Å²) in [5, 5.41) is 9.09. The van der Waals surface area contributed by atoms with E-state index in [0.717, 1.165) is 27.7 Å². The topological polar surface area (TPSA) is 187 Å². The molecule has 0 aromatic heterocycles. The third kappa shape index (κ3) is 8.11. The van der Waals surface area contributed by atoms with Crippen LogP contribution in [0, 0.1) is 0 Å². The fraction of sp³-hybridized carbons (Fsp3) is 0.722. The SMILES string of the molecule is CC(=O)OC[C@H]1O[C@H](O[C@H](C)[C@H](N)C(=O)O)[C@@H](OC(C)=O)[C@@H](OC(C)=O)[C@@H]1OC(C)=O. The van der Waals surface area contributed by atoms with Crippen molar-refractivity contribution in [2.75, 3.05) is 6.61 Å². The van der Waals surface area contributed by atoms with Crippen LogP contribution in [0.15, 0.2) is 0 Å². The zero-order chi connectivity index (χ0) is 23.9. The Hall–Kier alpha value is -2.77. The summed E-state index contributed by atoms with van der Waals surface area (Å²) in [6.45, 7) is 5.27. The van der Waals surface area contributed by atoms with Gasteiger partial charge in [0.1, 0.15) is 18.8 Å². The number of rotatable bonds is 9. The maximum atomic E-state index is 11.7. The van der Waals surface area contributed by atoms with Crippen molar-refractivity contribution in [3.8, 4) is 0 Å². The predicted octanol–water partition coefficient (Wildman–Crippen LogP) is -1.11. The lowest BCUT2D eigenvalue weighted by Crippen LogP contribution is -2.63. The van der Waals surface area contributed by atoms with E-state index in [-0.39, 0.29) is 0 Å². The van der Waals surface area contributed by atoms with Crippen molar-refractivity contribution in [1.29, 1.82) is 0 Å². The van der Waals surface area contributed by atoms with Crippen molar-refractivity contribution < 1.29 is 57.5 Å². The highest BCUT2D eigenvalue weighted by molar-refractivity contribution is 5.73. The van der Waals surface area contributed by atoms with Gasteiger partial charge in [-0.2, -0.15) is 0 Å². The van der Waals surface area contributed by atoms with Crippen LogP contribution in [0.1, 0.15) is 34.6 Å². The second-order valence-electron chi connectivity index (χ2n) is 6.77. The molecule has 1 saturated heterocycles. The first-order valence-electron chi connectivity index (χ1n) is 9.27. The van der Waals surface area contributed by atoms with Crippen molar-refractivity contribution in [2.24, 2.45) is 5.73 Å². The second-order valence-corrected chi connectivity index (χ2v) is 6.77. The molecule has 176 valence electrons. The Morgan fingerprint density at radius 3 is 1.81 bits per heavy atom. The molecule has 1 aliphatic heterocycles. The van der Waals surface area contributed by atoms with E-state index in [1.165, 1.54) is 6.92 Å². The number of carbonyl (C=O) groups excluding carboxylic acids is 4. The number of ether oxygens (including phenoxy) is 6. The summed E-state index contributed by atoms with van der Waals surface area (Å²) in [7, 11) is 0. The van der Waals surface area contributed by atoms with Crippen LogP contribution >= 0.6 is 0 Å². The van der Waals surface area contributed by atoms with E-state index in [1.807, 2.05) is 0 Å². The van der Waals surface area contributed by atoms with E-state index in [1.54, 1.807) is 0 Å². The Balaban J connectivity index is 3.35. The molecule has 3 N–H and O–H groups in total. The lowest BCUT2D eigenvalue weighted by atomic mass is 9.98. The van der Waals surface area contributed by atoms with E-state index in [4.69, 9.17) is 39.3 Å². The number of nitrogens with two attached hydrogens (primary N) is 1. The standard InChI is InChI=1S/C18H27NO12/c1-7(13(19)17(24)25)27-18-16(30-11(5)23)15(29-10(4)22)14(28-9(3)21)12(31-18)6-26-8(2)20/h7,12-16,18H,6,19H2,1-5H3,(H,24,25)/t7-,12-,13+,14-,15+,16+,18+/m1/s1. The maximum absolute atomic E-state index is 11.7. The highest BCUT2D eigenvalue weighted by Gasteiger charge is 2.53. The van der Waals surface area contributed by atoms with Gasteiger partial charge in [-0.3, -0.25) is 24.0 Å². The molecule has 31 heavy (non-hydrogen) atoms. The quantitative estimate of drug-likeness (QED) is 0.319. The normalized spacial score (nSPS) is 27.4. The fourth-order valence-corrected chi connectivity index (χ4v) is 2.80. The summed E-state index contributed by atoms with van der Waals surface area (Å²) in [6, 6.07) is -1.47. The predicted molar refractivity (Wildman–Crippen MR) is 98.1 cm³/mol. The number of esters is 4. The molecule has 0 bridgehead atoms. The van der Waals surface area contributed by atoms with Crippen molar-refractivity contribution in [3.63, 3.8) is 0 Å². The first-order valence-corrected chi connectivity index (χ1v) is 9.27. The molecular formula is C18H27NO12. The van der Waals surface area contributed by atoms with Gasteiger partial charge < -0.3 is 39.3 Å². The van der Waals surface area contributed by atoms with E-state index in [0.29, 0.717) is 0 Å². The Morgan fingerprint density at radius 2 is 1.35 bits per heavy atom. The third-order valence-corrected chi connectivity index (χ3v) is 4.09. The molecule has 0 saturated carbocycles. The Labute approximate surface area is 178 Å². The maximum Gasteiger partial charge on any atom is 0.323 e. The summed E-state index contributed by atoms with van der Waals surface area (Å²) < 4.78 is 31.8. The molecule has 7 atom stereocenters. The van der Waals surface area contributed by atoms with Crippen LogP contribution in [0.2, 0.25) is 0 Å². The third-order valence-electron chi connectivity index (χ3n) is 4.09. The monoisotopic (exact) mass is 449 g/mol. The summed E-state index contributed by atoms with van der Waals surface area (Å²) in [4.78, 5) is 57.4. The molecule has 13 heteroatoms. The molecule has 1 aliphatic rings. The van der Waals surface area contributed by atoms with E-state index in [9.17, 15) is 24.0 Å². The van der Waals surface area contributed by atoms with E-state index >= 15 is 0 Å². The Kier molecular flexibility index (Phi) is 9.81. The summed E-state index contributed by atoms with van der Waals surface area (Å²) in [5.74, 6) is -4.43. The minimum absolute atomic E-state index is 0.433. The molecule has 0 aromatic rings. The van der Waals surface area contributed by atoms with Gasteiger partial charge in [-0.25, -0.2) is 0 Å².